The second-order valence-corrected chi connectivity index (χ2v) is 7.99. The van der Waals surface area contributed by atoms with Crippen LogP contribution >= 0.6 is 0 Å². The number of nitro benzene ring substituents is 1. The number of aromatic nitrogens is 1. The van der Waals surface area contributed by atoms with Crippen molar-refractivity contribution < 1.29 is 28.7 Å². The highest BCUT2D eigenvalue weighted by Crippen LogP contribution is 2.34. The van der Waals surface area contributed by atoms with Gasteiger partial charge in [-0.1, -0.05) is 6.07 Å². The number of anilines is 1. The lowest BCUT2D eigenvalue weighted by Gasteiger charge is -2.36. The molecule has 184 valence electrons. The van der Waals surface area contributed by atoms with Crippen LogP contribution in [0.15, 0.2) is 30.5 Å². The summed E-state index contributed by atoms with van der Waals surface area (Å²) in [6, 6.07) is 6.25. The van der Waals surface area contributed by atoms with Crippen LogP contribution in [0, 0.1) is 10.1 Å². The summed E-state index contributed by atoms with van der Waals surface area (Å²) < 4.78 is 21.4. The van der Waals surface area contributed by atoms with Crippen molar-refractivity contribution in [2.75, 3.05) is 45.4 Å². The quantitative estimate of drug-likeness (QED) is 0.314. The minimum Gasteiger partial charge on any atom is -0.493 e. The zero-order chi connectivity index (χ0) is 24.7. The molecular weight excluding hydrogens is 444 g/mol. The number of ether oxygens (including phenoxy) is 4. The normalized spacial score (nSPS) is 17.8. The summed E-state index contributed by atoms with van der Waals surface area (Å²) in [7, 11) is 2.91. The van der Waals surface area contributed by atoms with Crippen molar-refractivity contribution >= 4 is 17.4 Å². The van der Waals surface area contributed by atoms with Gasteiger partial charge in [-0.25, -0.2) is 4.98 Å². The standard InChI is InChI=1S/C23H30N4O7/c1-15-13-26(14-16(2)34-15)22-6-5-17(11-24-22)12-25-23(28)18-9-20(32-4)21(33-8-7-31-3)10-19(18)27(29)30/h5-6,9-11,15-16H,7-8,12-14H2,1-4H3,(H,25,28). The highest BCUT2D eigenvalue weighted by Gasteiger charge is 2.25. The number of nitrogens with one attached hydrogen (secondary N) is 1. The summed E-state index contributed by atoms with van der Waals surface area (Å²) in [4.78, 5) is 30.4. The summed E-state index contributed by atoms with van der Waals surface area (Å²) in [5.74, 6) is 0.607. The molecule has 0 saturated carbocycles. The van der Waals surface area contributed by atoms with Gasteiger partial charge in [0.25, 0.3) is 11.6 Å². The first kappa shape index (κ1) is 25.2. The van der Waals surface area contributed by atoms with E-state index in [1.807, 2.05) is 26.0 Å². The fraction of sp³-hybridized carbons (Fsp3) is 0.478. The van der Waals surface area contributed by atoms with Gasteiger partial charge in [0.1, 0.15) is 18.0 Å². The Morgan fingerprint density at radius 1 is 1.21 bits per heavy atom. The maximum absolute atomic E-state index is 12.8. The van der Waals surface area contributed by atoms with Crippen LogP contribution in [0.4, 0.5) is 11.5 Å². The van der Waals surface area contributed by atoms with E-state index in [2.05, 4.69) is 15.2 Å². The molecule has 11 heteroatoms. The summed E-state index contributed by atoms with van der Waals surface area (Å²) >= 11 is 0. The average Bonchev–Trinajstić information content (AvgIpc) is 2.82. The van der Waals surface area contributed by atoms with Gasteiger partial charge in [0, 0.05) is 39.0 Å². The Labute approximate surface area is 198 Å². The minimum absolute atomic E-state index is 0.120. The zero-order valence-electron chi connectivity index (χ0n) is 19.8. The fourth-order valence-corrected chi connectivity index (χ4v) is 3.74. The number of carbonyl (C=O) groups is 1. The molecule has 2 heterocycles. The number of carbonyl (C=O) groups excluding carboxylic acids is 1. The Kier molecular flexibility index (Phi) is 8.61. The monoisotopic (exact) mass is 474 g/mol. The minimum atomic E-state index is -0.627. The lowest BCUT2D eigenvalue weighted by Crippen LogP contribution is -2.45. The first-order valence-electron chi connectivity index (χ1n) is 10.9. The van der Waals surface area contributed by atoms with Gasteiger partial charge in [0.2, 0.25) is 0 Å². The molecule has 34 heavy (non-hydrogen) atoms. The van der Waals surface area contributed by atoms with E-state index in [1.165, 1.54) is 26.4 Å². The molecule has 2 unspecified atom stereocenters. The van der Waals surface area contributed by atoms with Gasteiger partial charge in [-0.2, -0.15) is 0 Å². The predicted octanol–water partition coefficient (Wildman–Crippen LogP) is 2.57. The zero-order valence-corrected chi connectivity index (χ0v) is 19.8. The first-order valence-corrected chi connectivity index (χ1v) is 10.9. The third-order valence-electron chi connectivity index (χ3n) is 5.27. The van der Waals surface area contributed by atoms with Crippen LogP contribution in [0.3, 0.4) is 0 Å². The number of morpholine rings is 1. The first-order chi connectivity index (χ1) is 16.3. The third kappa shape index (κ3) is 6.33. The number of hydrogen-bond donors (Lipinski definition) is 1. The van der Waals surface area contributed by atoms with Gasteiger partial charge in [0.05, 0.1) is 36.9 Å². The number of nitrogens with zero attached hydrogens (tertiary/aromatic N) is 3. The van der Waals surface area contributed by atoms with Crippen LogP contribution in [0.2, 0.25) is 0 Å². The molecule has 0 radical (unpaired) electrons. The highest BCUT2D eigenvalue weighted by atomic mass is 16.6. The number of rotatable bonds is 10. The smallest absolute Gasteiger partial charge is 0.286 e. The fourth-order valence-electron chi connectivity index (χ4n) is 3.74. The van der Waals surface area contributed by atoms with E-state index >= 15 is 0 Å². The van der Waals surface area contributed by atoms with Crippen molar-refractivity contribution in [2.45, 2.75) is 32.6 Å². The number of pyridine rings is 1. The van der Waals surface area contributed by atoms with E-state index in [1.54, 1.807) is 6.20 Å². The summed E-state index contributed by atoms with van der Waals surface area (Å²) in [6.45, 7) is 6.20. The molecule has 1 saturated heterocycles. The van der Waals surface area contributed by atoms with Gasteiger partial charge in [-0.05, 0) is 25.5 Å². The van der Waals surface area contributed by atoms with Gasteiger partial charge >= 0.3 is 0 Å². The Morgan fingerprint density at radius 3 is 2.53 bits per heavy atom. The van der Waals surface area contributed by atoms with Crippen LogP contribution < -0.4 is 19.7 Å². The molecule has 2 atom stereocenters. The van der Waals surface area contributed by atoms with E-state index in [0.29, 0.717) is 6.61 Å². The van der Waals surface area contributed by atoms with E-state index in [-0.39, 0.29) is 48.1 Å². The molecule has 1 aromatic heterocycles. The molecule has 1 aliphatic heterocycles. The van der Waals surface area contributed by atoms with Crippen molar-refractivity contribution in [3.63, 3.8) is 0 Å². The molecule has 1 fully saturated rings. The third-order valence-corrected chi connectivity index (χ3v) is 5.27. The largest absolute Gasteiger partial charge is 0.493 e. The lowest BCUT2D eigenvalue weighted by atomic mass is 10.1. The maximum Gasteiger partial charge on any atom is 0.286 e. The van der Waals surface area contributed by atoms with Crippen molar-refractivity contribution in [3.8, 4) is 11.5 Å². The van der Waals surface area contributed by atoms with Crippen molar-refractivity contribution in [2.24, 2.45) is 0 Å². The molecule has 1 N–H and O–H groups in total. The molecule has 0 spiro atoms. The second-order valence-electron chi connectivity index (χ2n) is 7.99. The van der Waals surface area contributed by atoms with Crippen LogP contribution in [0.1, 0.15) is 29.8 Å². The van der Waals surface area contributed by atoms with Crippen molar-refractivity contribution in [1.82, 2.24) is 10.3 Å². The molecular formula is C23H30N4O7. The maximum atomic E-state index is 12.8. The van der Waals surface area contributed by atoms with Crippen LogP contribution in [0.25, 0.3) is 0 Å². The number of amides is 1. The summed E-state index contributed by atoms with van der Waals surface area (Å²) in [5, 5.41) is 14.3. The van der Waals surface area contributed by atoms with Crippen LogP contribution in [0.5, 0.6) is 11.5 Å². The van der Waals surface area contributed by atoms with Crippen molar-refractivity contribution in [1.29, 1.82) is 0 Å². The molecule has 1 amide bonds. The summed E-state index contributed by atoms with van der Waals surface area (Å²) in [6.07, 6.45) is 1.92. The second kappa shape index (κ2) is 11.6. The Bertz CT molecular complexity index is 990. The van der Waals surface area contributed by atoms with E-state index < -0.39 is 10.8 Å². The van der Waals surface area contributed by atoms with E-state index in [4.69, 9.17) is 18.9 Å². The molecule has 3 rings (SSSR count). The number of hydrogen-bond acceptors (Lipinski definition) is 9. The van der Waals surface area contributed by atoms with Crippen LogP contribution in [-0.2, 0) is 16.0 Å². The molecule has 11 nitrogen and oxygen atoms in total. The topological polar surface area (TPSA) is 125 Å². The molecule has 2 aromatic rings. The summed E-state index contributed by atoms with van der Waals surface area (Å²) in [5.41, 5.74) is 0.261. The molecule has 0 bridgehead atoms. The number of nitro groups is 1. The Balaban J connectivity index is 1.69. The number of benzene rings is 1. The predicted molar refractivity (Wildman–Crippen MR) is 125 cm³/mol. The Hall–Kier alpha value is -3.44. The van der Waals surface area contributed by atoms with Gasteiger partial charge in [0.15, 0.2) is 11.5 Å². The average molecular weight is 475 g/mol. The highest BCUT2D eigenvalue weighted by molar-refractivity contribution is 5.99. The van der Waals surface area contributed by atoms with Crippen LogP contribution in [-0.4, -0.2) is 68.5 Å². The molecule has 1 aromatic carbocycles. The lowest BCUT2D eigenvalue weighted by molar-refractivity contribution is -0.385. The SMILES string of the molecule is COCCOc1cc([N+](=O)[O-])c(C(=O)NCc2ccc(N3CC(C)OC(C)C3)nc2)cc1OC. The van der Waals surface area contributed by atoms with Gasteiger partial charge in [-0.3, -0.25) is 14.9 Å². The van der Waals surface area contributed by atoms with Gasteiger partial charge in [-0.15, -0.1) is 0 Å². The van der Waals surface area contributed by atoms with Crippen molar-refractivity contribution in [3.05, 3.63) is 51.7 Å². The molecule has 0 aliphatic carbocycles. The Morgan fingerprint density at radius 2 is 1.94 bits per heavy atom. The van der Waals surface area contributed by atoms with E-state index in [0.717, 1.165) is 24.5 Å². The van der Waals surface area contributed by atoms with Gasteiger partial charge < -0.3 is 29.2 Å². The van der Waals surface area contributed by atoms with E-state index in [9.17, 15) is 14.9 Å². The molecule has 1 aliphatic rings. The number of methoxy groups -OCH3 is 2.